The Labute approximate surface area is 227 Å². The Balaban J connectivity index is 1.31. The van der Waals surface area contributed by atoms with Crippen molar-refractivity contribution in [3.8, 4) is 11.4 Å². The lowest BCUT2D eigenvalue weighted by atomic mass is 10.1. The minimum atomic E-state index is -0.341. The maximum absolute atomic E-state index is 12.6. The maximum Gasteiger partial charge on any atom is 0.257 e. The molecule has 184 valence electrons. The molecule has 0 unspecified atom stereocenters. The first-order chi connectivity index (χ1) is 17.7. The second-order valence-corrected chi connectivity index (χ2v) is 9.72. The second-order valence-electron chi connectivity index (χ2n) is 8.44. The van der Waals surface area contributed by atoms with E-state index < -0.39 is 0 Å². The molecular weight excluding hydrogens is 531 g/mol. The zero-order valence-corrected chi connectivity index (χ0v) is 21.7. The predicted molar refractivity (Wildman–Crippen MR) is 150 cm³/mol. The number of aromatic amines is 1. The molecule has 0 bridgehead atoms. The zero-order valence-electron chi connectivity index (χ0n) is 19.4. The summed E-state index contributed by atoms with van der Waals surface area (Å²) in [6, 6.07) is 22.6. The van der Waals surface area contributed by atoms with Gasteiger partial charge in [0.05, 0.1) is 21.6 Å². The lowest BCUT2D eigenvalue weighted by molar-refractivity contribution is 0.101. The number of nitrogens with zero attached hydrogens (tertiary/aromatic N) is 1. The van der Waals surface area contributed by atoms with E-state index in [1.165, 1.54) is 6.07 Å². The monoisotopic (exact) mass is 548 g/mol. The number of hydrogen-bond donors (Lipinski definition) is 3. The van der Waals surface area contributed by atoms with Crippen LogP contribution < -0.4 is 10.6 Å². The van der Waals surface area contributed by atoms with E-state index in [1.807, 2.05) is 25.1 Å². The van der Waals surface area contributed by atoms with E-state index in [0.29, 0.717) is 38.4 Å². The molecule has 0 spiro atoms. The predicted octanol–water partition coefficient (Wildman–Crippen LogP) is 8.00. The van der Waals surface area contributed by atoms with Crippen LogP contribution in [0.4, 0.5) is 11.4 Å². The molecular formula is C28H19Cl3N4O2. The van der Waals surface area contributed by atoms with Crippen LogP contribution in [0.2, 0.25) is 15.1 Å². The van der Waals surface area contributed by atoms with Gasteiger partial charge in [-0.1, -0.05) is 34.8 Å². The van der Waals surface area contributed by atoms with Gasteiger partial charge in [-0.3, -0.25) is 9.59 Å². The summed E-state index contributed by atoms with van der Waals surface area (Å²) in [6.45, 7) is 1.89. The van der Waals surface area contributed by atoms with Crippen molar-refractivity contribution in [2.75, 3.05) is 10.6 Å². The summed E-state index contributed by atoms with van der Waals surface area (Å²) in [5.74, 6) is 0.0745. The summed E-state index contributed by atoms with van der Waals surface area (Å²) in [6.07, 6.45) is 0. The Morgan fingerprint density at radius 3 is 2.22 bits per heavy atom. The largest absolute Gasteiger partial charge is 0.338 e. The van der Waals surface area contributed by atoms with E-state index in [-0.39, 0.29) is 16.8 Å². The molecule has 0 aliphatic carbocycles. The minimum absolute atomic E-state index is 0.239. The number of fused-ring (bicyclic) bond motifs is 1. The summed E-state index contributed by atoms with van der Waals surface area (Å²) in [5, 5.41) is 6.97. The van der Waals surface area contributed by atoms with Crippen molar-refractivity contribution < 1.29 is 9.59 Å². The molecule has 4 aromatic carbocycles. The Morgan fingerprint density at radius 1 is 0.757 bits per heavy atom. The topological polar surface area (TPSA) is 86.9 Å². The Hall–Kier alpha value is -3.84. The van der Waals surface area contributed by atoms with E-state index in [1.54, 1.807) is 54.6 Å². The number of amides is 2. The first-order valence-corrected chi connectivity index (χ1v) is 12.3. The van der Waals surface area contributed by atoms with Crippen molar-refractivity contribution in [3.05, 3.63) is 111 Å². The molecule has 2 amide bonds. The van der Waals surface area contributed by atoms with Gasteiger partial charge in [-0.15, -0.1) is 0 Å². The van der Waals surface area contributed by atoms with Crippen LogP contribution in [-0.4, -0.2) is 21.8 Å². The smallest absolute Gasteiger partial charge is 0.257 e. The normalized spacial score (nSPS) is 10.9. The number of aromatic nitrogens is 2. The van der Waals surface area contributed by atoms with E-state index in [2.05, 4.69) is 20.6 Å². The van der Waals surface area contributed by atoms with Crippen molar-refractivity contribution in [2.24, 2.45) is 0 Å². The van der Waals surface area contributed by atoms with Crippen molar-refractivity contribution >= 4 is 69.0 Å². The van der Waals surface area contributed by atoms with Crippen LogP contribution in [-0.2, 0) is 0 Å². The highest BCUT2D eigenvalue weighted by atomic mass is 35.5. The number of carbonyl (C=O) groups excluding carboxylic acids is 2. The second kappa shape index (κ2) is 10.3. The van der Waals surface area contributed by atoms with Crippen molar-refractivity contribution in [1.82, 2.24) is 9.97 Å². The van der Waals surface area contributed by atoms with Gasteiger partial charge in [0.25, 0.3) is 11.8 Å². The van der Waals surface area contributed by atoms with Gasteiger partial charge in [-0.25, -0.2) is 4.98 Å². The van der Waals surface area contributed by atoms with Crippen LogP contribution in [0.1, 0.15) is 26.3 Å². The molecule has 3 N–H and O–H groups in total. The van der Waals surface area contributed by atoms with Crippen LogP contribution in [0.25, 0.3) is 22.4 Å². The van der Waals surface area contributed by atoms with E-state index in [0.717, 1.165) is 22.2 Å². The van der Waals surface area contributed by atoms with Crippen LogP contribution >= 0.6 is 34.8 Å². The number of anilines is 2. The Morgan fingerprint density at radius 2 is 1.49 bits per heavy atom. The first-order valence-electron chi connectivity index (χ1n) is 11.2. The number of imidazole rings is 1. The number of nitrogens with one attached hydrogen (secondary N) is 3. The number of carbonyl (C=O) groups is 2. The number of aryl methyl sites for hydroxylation is 1. The van der Waals surface area contributed by atoms with E-state index >= 15 is 0 Å². The number of H-pyrrole nitrogens is 1. The molecule has 0 aliphatic rings. The molecule has 0 fully saturated rings. The summed E-state index contributed by atoms with van der Waals surface area (Å²) >= 11 is 18.1. The number of halogens is 3. The minimum Gasteiger partial charge on any atom is -0.338 e. The molecule has 0 saturated carbocycles. The average molecular weight is 550 g/mol. The van der Waals surface area contributed by atoms with Gasteiger partial charge >= 0.3 is 0 Å². The number of rotatable bonds is 5. The van der Waals surface area contributed by atoms with Gasteiger partial charge in [0, 0.05) is 32.5 Å². The number of benzene rings is 4. The lowest BCUT2D eigenvalue weighted by Gasteiger charge is -2.07. The third kappa shape index (κ3) is 5.62. The van der Waals surface area contributed by atoms with Gasteiger partial charge in [-0.05, 0) is 91.3 Å². The third-order valence-electron chi connectivity index (χ3n) is 5.64. The Bertz CT molecular complexity index is 1640. The summed E-state index contributed by atoms with van der Waals surface area (Å²) in [7, 11) is 0. The van der Waals surface area contributed by atoms with Gasteiger partial charge in [0.15, 0.2) is 0 Å². The quantitative estimate of drug-likeness (QED) is 0.207. The molecule has 0 radical (unpaired) electrons. The summed E-state index contributed by atoms with van der Waals surface area (Å²) in [5.41, 5.74) is 5.30. The van der Waals surface area contributed by atoms with Gasteiger partial charge in [0.1, 0.15) is 5.82 Å². The maximum atomic E-state index is 12.6. The summed E-state index contributed by atoms with van der Waals surface area (Å²) in [4.78, 5) is 33.1. The first kappa shape index (κ1) is 24.8. The molecule has 37 heavy (non-hydrogen) atoms. The van der Waals surface area contributed by atoms with Gasteiger partial charge in [-0.2, -0.15) is 0 Å². The summed E-state index contributed by atoms with van der Waals surface area (Å²) < 4.78 is 0. The standard InChI is InChI=1S/C28H19Cl3N4O2/c1-15-10-17(12-19(30)11-15)27(36)32-20-5-2-16(3-6-20)26-34-24-9-7-21(14-25(24)35-26)33-28(37)22-8-4-18(29)13-23(22)31/h2-14H,1H3,(H,32,36)(H,33,37)(H,34,35). The molecule has 5 rings (SSSR count). The fourth-order valence-electron chi connectivity index (χ4n) is 3.88. The molecule has 0 saturated heterocycles. The highest BCUT2D eigenvalue weighted by molar-refractivity contribution is 6.37. The SMILES string of the molecule is Cc1cc(Cl)cc(C(=O)Nc2ccc(-c3nc4ccc(NC(=O)c5ccc(Cl)cc5Cl)cc4[nH]3)cc2)c1. The van der Waals surface area contributed by atoms with Gasteiger partial charge in [0.2, 0.25) is 0 Å². The fraction of sp³-hybridized carbons (Fsp3) is 0.0357. The average Bonchev–Trinajstić information content (AvgIpc) is 3.27. The molecule has 9 heteroatoms. The molecule has 1 aromatic heterocycles. The van der Waals surface area contributed by atoms with Crippen LogP contribution in [0.15, 0.2) is 78.9 Å². The van der Waals surface area contributed by atoms with Crippen molar-refractivity contribution in [1.29, 1.82) is 0 Å². The molecule has 0 aliphatic heterocycles. The molecule has 1 heterocycles. The highest BCUT2D eigenvalue weighted by Crippen LogP contribution is 2.26. The van der Waals surface area contributed by atoms with Crippen LogP contribution in [0, 0.1) is 6.92 Å². The van der Waals surface area contributed by atoms with E-state index in [9.17, 15) is 9.59 Å². The van der Waals surface area contributed by atoms with E-state index in [4.69, 9.17) is 34.8 Å². The molecule has 0 atom stereocenters. The van der Waals surface area contributed by atoms with Crippen molar-refractivity contribution in [3.63, 3.8) is 0 Å². The van der Waals surface area contributed by atoms with Gasteiger partial charge < -0.3 is 15.6 Å². The third-order valence-corrected chi connectivity index (χ3v) is 6.40. The van der Waals surface area contributed by atoms with Crippen LogP contribution in [0.5, 0.6) is 0 Å². The Kier molecular flexibility index (Phi) is 6.89. The molecule has 5 aromatic rings. The zero-order chi connectivity index (χ0) is 26.1. The molecule has 6 nitrogen and oxygen atoms in total. The van der Waals surface area contributed by atoms with Crippen molar-refractivity contribution in [2.45, 2.75) is 6.92 Å². The highest BCUT2D eigenvalue weighted by Gasteiger charge is 2.13. The number of hydrogen-bond acceptors (Lipinski definition) is 3. The lowest BCUT2D eigenvalue weighted by Crippen LogP contribution is -2.12. The van der Waals surface area contributed by atoms with Crippen LogP contribution in [0.3, 0.4) is 0 Å². The fourth-order valence-corrected chi connectivity index (χ4v) is 4.66.